The zero-order valence-corrected chi connectivity index (χ0v) is 14.7. The second-order valence-corrected chi connectivity index (χ2v) is 5.91. The smallest absolute Gasteiger partial charge is 0.342 e. The maximum absolute atomic E-state index is 13.9. The summed E-state index contributed by atoms with van der Waals surface area (Å²) >= 11 is 0. The van der Waals surface area contributed by atoms with Gasteiger partial charge in [0.25, 0.3) is 5.56 Å². The van der Waals surface area contributed by atoms with Gasteiger partial charge in [0.1, 0.15) is 22.8 Å². The molecule has 0 atom stereocenters. The summed E-state index contributed by atoms with van der Waals surface area (Å²) in [6.07, 6.45) is 0. The number of aromatic carboxylic acids is 2. The van der Waals surface area contributed by atoms with Gasteiger partial charge < -0.3 is 20.9 Å². The molecule has 8 heteroatoms. The van der Waals surface area contributed by atoms with Crippen molar-refractivity contribution in [3.8, 4) is 23.0 Å². The Kier molecular flexibility index (Phi) is 5.15. The first-order valence-corrected chi connectivity index (χ1v) is 8.19. The minimum Gasteiger partial charge on any atom is -0.478 e. The molecule has 1 heterocycles. The molecule has 0 saturated carbocycles. The molecule has 0 aliphatic rings. The van der Waals surface area contributed by atoms with Crippen molar-refractivity contribution in [2.24, 2.45) is 0 Å². The van der Waals surface area contributed by atoms with E-state index in [0.717, 1.165) is 18.2 Å². The van der Waals surface area contributed by atoms with Crippen LogP contribution >= 0.6 is 0 Å². The van der Waals surface area contributed by atoms with Gasteiger partial charge in [0.2, 0.25) is 0 Å². The van der Waals surface area contributed by atoms with Crippen LogP contribution in [0.25, 0.3) is 11.1 Å². The number of pyridine rings is 1. The van der Waals surface area contributed by atoms with Crippen molar-refractivity contribution in [1.29, 1.82) is 0 Å². The number of halogens is 1. The number of nitrogen functional groups attached to an aromatic ring is 1. The van der Waals surface area contributed by atoms with Gasteiger partial charge >= 0.3 is 11.9 Å². The molecular formula is C21H13FN2O5. The summed E-state index contributed by atoms with van der Waals surface area (Å²) in [6.45, 7) is 0. The third kappa shape index (κ3) is 3.84. The molecule has 0 aliphatic carbocycles. The maximum atomic E-state index is 13.9. The second kappa shape index (κ2) is 7.70. The number of carboxylic acids is 2. The van der Waals surface area contributed by atoms with E-state index in [-0.39, 0.29) is 11.1 Å². The van der Waals surface area contributed by atoms with Crippen LogP contribution in [0.15, 0.2) is 53.3 Å². The number of aromatic nitrogens is 1. The molecule has 29 heavy (non-hydrogen) atoms. The lowest BCUT2D eigenvalue weighted by Crippen LogP contribution is -2.24. The number of hydrogen-bond acceptors (Lipinski definition) is 4. The summed E-state index contributed by atoms with van der Waals surface area (Å²) in [6, 6.07) is 11.9. The van der Waals surface area contributed by atoms with Crippen molar-refractivity contribution in [3.05, 3.63) is 87.0 Å². The number of carboxylic acid groups (broad SMARTS) is 2. The van der Waals surface area contributed by atoms with Crippen molar-refractivity contribution in [1.82, 2.24) is 4.98 Å². The van der Waals surface area contributed by atoms with Gasteiger partial charge in [-0.3, -0.25) is 4.79 Å². The number of rotatable bonds is 3. The van der Waals surface area contributed by atoms with E-state index < -0.39 is 45.8 Å². The van der Waals surface area contributed by atoms with Gasteiger partial charge in [0.15, 0.2) is 0 Å². The molecule has 1 aromatic heterocycles. The molecule has 3 aromatic rings. The third-order valence-electron chi connectivity index (χ3n) is 4.04. The molecule has 0 unspecified atom stereocenters. The molecule has 0 saturated heterocycles. The molecule has 0 radical (unpaired) electrons. The Bertz CT molecular complexity index is 1250. The van der Waals surface area contributed by atoms with Crippen LogP contribution in [0.5, 0.6) is 0 Å². The predicted molar refractivity (Wildman–Crippen MR) is 103 cm³/mol. The number of nitrogens with one attached hydrogen (secondary N) is 1. The molecule has 0 amide bonds. The van der Waals surface area contributed by atoms with Crippen LogP contribution < -0.4 is 11.3 Å². The molecular weight excluding hydrogens is 379 g/mol. The minimum absolute atomic E-state index is 0.00357. The number of aromatic amines is 1. The first-order valence-electron chi connectivity index (χ1n) is 8.19. The highest BCUT2D eigenvalue weighted by molar-refractivity contribution is 6.08. The standard InChI is InChI=1S/C21H13FN2O5/c22-13-8-9-14(12(10-13)7-6-11-4-2-1-3-5-11)15-16(20(26)27)18(23)24-19(25)17(15)21(28)29/h1-5,8-10H,(H,26,27)(H,28,29)(H3,23,24,25). The van der Waals surface area contributed by atoms with Gasteiger partial charge in [0.05, 0.1) is 0 Å². The van der Waals surface area contributed by atoms with Crippen LogP contribution in [-0.4, -0.2) is 27.1 Å². The minimum atomic E-state index is -1.66. The van der Waals surface area contributed by atoms with E-state index in [4.69, 9.17) is 5.73 Å². The Morgan fingerprint density at radius 1 is 0.966 bits per heavy atom. The summed E-state index contributed by atoms with van der Waals surface area (Å²) in [5.74, 6) is 1.11. The van der Waals surface area contributed by atoms with E-state index in [1.807, 2.05) is 4.98 Å². The topological polar surface area (TPSA) is 133 Å². The van der Waals surface area contributed by atoms with E-state index in [9.17, 15) is 29.0 Å². The molecule has 5 N–H and O–H groups in total. The van der Waals surface area contributed by atoms with Gasteiger partial charge in [-0.15, -0.1) is 0 Å². The fourth-order valence-electron chi connectivity index (χ4n) is 2.81. The fourth-order valence-corrected chi connectivity index (χ4v) is 2.81. The molecule has 144 valence electrons. The zero-order valence-electron chi connectivity index (χ0n) is 14.7. The molecule has 3 rings (SSSR count). The highest BCUT2D eigenvalue weighted by Gasteiger charge is 2.27. The number of anilines is 1. The zero-order chi connectivity index (χ0) is 21.1. The highest BCUT2D eigenvalue weighted by atomic mass is 19.1. The average molecular weight is 392 g/mol. The predicted octanol–water partition coefficient (Wildman–Crippen LogP) is 2.56. The van der Waals surface area contributed by atoms with Crippen molar-refractivity contribution in [3.63, 3.8) is 0 Å². The lowest BCUT2D eigenvalue weighted by Gasteiger charge is -2.13. The number of benzene rings is 2. The molecule has 0 fully saturated rings. The Morgan fingerprint density at radius 3 is 2.24 bits per heavy atom. The summed E-state index contributed by atoms with van der Waals surface area (Å²) in [5, 5.41) is 19.0. The van der Waals surface area contributed by atoms with Crippen molar-refractivity contribution in [2.75, 3.05) is 5.73 Å². The normalized spacial score (nSPS) is 10.1. The van der Waals surface area contributed by atoms with Crippen molar-refractivity contribution < 1.29 is 24.2 Å². The van der Waals surface area contributed by atoms with Gasteiger partial charge in [-0.25, -0.2) is 14.0 Å². The van der Waals surface area contributed by atoms with E-state index in [1.165, 1.54) is 0 Å². The Morgan fingerprint density at radius 2 is 1.62 bits per heavy atom. The Balaban J connectivity index is 2.38. The fraction of sp³-hybridized carbons (Fsp3) is 0. The van der Waals surface area contributed by atoms with E-state index >= 15 is 0 Å². The molecule has 0 bridgehead atoms. The summed E-state index contributed by atoms with van der Waals surface area (Å²) in [7, 11) is 0. The second-order valence-electron chi connectivity index (χ2n) is 5.91. The van der Waals surface area contributed by atoms with Crippen LogP contribution in [0.2, 0.25) is 0 Å². The first-order chi connectivity index (χ1) is 13.8. The Hall–Kier alpha value is -4.38. The SMILES string of the molecule is Nc1[nH]c(=O)c(C(=O)O)c(-c2ccc(F)cc2C#Cc2ccccc2)c1C(=O)O. The van der Waals surface area contributed by atoms with Gasteiger partial charge in [0, 0.05) is 16.7 Å². The monoisotopic (exact) mass is 392 g/mol. The quantitative estimate of drug-likeness (QED) is 0.506. The largest absolute Gasteiger partial charge is 0.478 e. The summed E-state index contributed by atoms with van der Waals surface area (Å²) in [5.41, 5.74) is 3.24. The third-order valence-corrected chi connectivity index (χ3v) is 4.04. The van der Waals surface area contributed by atoms with Crippen LogP contribution in [0.1, 0.15) is 31.8 Å². The van der Waals surface area contributed by atoms with Gasteiger partial charge in [-0.05, 0) is 29.8 Å². The van der Waals surface area contributed by atoms with E-state index in [1.54, 1.807) is 30.3 Å². The highest BCUT2D eigenvalue weighted by Crippen LogP contribution is 2.32. The van der Waals surface area contributed by atoms with Crippen molar-refractivity contribution >= 4 is 17.8 Å². The number of hydrogen-bond donors (Lipinski definition) is 4. The number of carbonyl (C=O) groups is 2. The summed E-state index contributed by atoms with van der Waals surface area (Å²) in [4.78, 5) is 37.7. The van der Waals surface area contributed by atoms with Crippen LogP contribution in [0, 0.1) is 17.7 Å². The van der Waals surface area contributed by atoms with Gasteiger partial charge in [-0.1, -0.05) is 36.1 Å². The van der Waals surface area contributed by atoms with E-state index in [2.05, 4.69) is 11.8 Å². The summed E-state index contributed by atoms with van der Waals surface area (Å²) < 4.78 is 13.9. The maximum Gasteiger partial charge on any atom is 0.342 e. The molecule has 7 nitrogen and oxygen atoms in total. The average Bonchev–Trinajstić information content (AvgIpc) is 2.66. The van der Waals surface area contributed by atoms with Gasteiger partial charge in [-0.2, -0.15) is 0 Å². The number of nitrogens with two attached hydrogens (primary N) is 1. The van der Waals surface area contributed by atoms with Crippen LogP contribution in [-0.2, 0) is 0 Å². The molecule has 0 aliphatic heterocycles. The van der Waals surface area contributed by atoms with Crippen molar-refractivity contribution in [2.45, 2.75) is 0 Å². The first kappa shape index (κ1) is 19.4. The molecule has 2 aromatic carbocycles. The van der Waals surface area contributed by atoms with E-state index in [0.29, 0.717) is 5.56 Å². The van der Waals surface area contributed by atoms with Crippen LogP contribution in [0.3, 0.4) is 0 Å². The number of H-pyrrole nitrogens is 1. The lowest BCUT2D eigenvalue weighted by atomic mass is 9.92. The molecule has 0 spiro atoms. The van der Waals surface area contributed by atoms with Crippen LogP contribution in [0.4, 0.5) is 10.2 Å². The Labute approximate surface area is 163 Å². The lowest BCUT2D eigenvalue weighted by molar-refractivity contribution is 0.0695.